The van der Waals surface area contributed by atoms with Gasteiger partial charge in [-0.25, -0.2) is 0 Å². The fraction of sp³-hybridized carbons (Fsp3) is 0.357. The summed E-state index contributed by atoms with van der Waals surface area (Å²) in [6.07, 6.45) is 5.00. The van der Waals surface area contributed by atoms with E-state index in [1.807, 2.05) is 24.1 Å². The Kier molecular flexibility index (Phi) is 3.47. The summed E-state index contributed by atoms with van der Waals surface area (Å²) in [5.74, 6) is 0. The summed E-state index contributed by atoms with van der Waals surface area (Å²) in [7, 11) is 1.94. The third-order valence-corrected chi connectivity index (χ3v) is 3.00. The first-order valence-electron chi connectivity index (χ1n) is 6.03. The molecule has 2 aromatic rings. The quantitative estimate of drug-likeness (QED) is 0.872. The van der Waals surface area contributed by atoms with Crippen molar-refractivity contribution in [3.63, 3.8) is 0 Å². The van der Waals surface area contributed by atoms with E-state index in [2.05, 4.69) is 48.5 Å². The maximum absolute atomic E-state index is 4.20. The summed E-state index contributed by atoms with van der Waals surface area (Å²) < 4.78 is 1.83. The van der Waals surface area contributed by atoms with Crippen molar-refractivity contribution < 1.29 is 0 Å². The van der Waals surface area contributed by atoms with Crippen molar-refractivity contribution in [2.75, 3.05) is 5.32 Å². The van der Waals surface area contributed by atoms with Crippen LogP contribution in [0.1, 0.15) is 31.0 Å². The van der Waals surface area contributed by atoms with Gasteiger partial charge in [0.05, 0.1) is 12.2 Å². The van der Waals surface area contributed by atoms with Crippen molar-refractivity contribution >= 4 is 5.69 Å². The molecule has 0 radical (unpaired) electrons. The van der Waals surface area contributed by atoms with E-state index in [1.54, 1.807) is 0 Å². The number of aromatic nitrogens is 2. The molecular weight excluding hydrogens is 210 g/mol. The first kappa shape index (κ1) is 11.7. The maximum Gasteiger partial charge on any atom is 0.0542 e. The van der Waals surface area contributed by atoms with Crippen LogP contribution in [0.4, 0.5) is 5.69 Å². The third-order valence-electron chi connectivity index (χ3n) is 3.00. The molecule has 0 bridgehead atoms. The Bertz CT molecular complexity index is 488. The standard InChI is InChI=1S/C14H19N3/c1-4-12-7-5-6-8-14(12)16-11(2)13-9-15-17(3)10-13/h5-11,16H,4H2,1-3H3. The highest BCUT2D eigenvalue weighted by Crippen LogP contribution is 2.22. The van der Waals surface area contributed by atoms with Gasteiger partial charge in [0.2, 0.25) is 0 Å². The first-order valence-corrected chi connectivity index (χ1v) is 6.03. The van der Waals surface area contributed by atoms with Crippen LogP contribution in [-0.4, -0.2) is 9.78 Å². The Balaban J connectivity index is 2.15. The lowest BCUT2D eigenvalue weighted by molar-refractivity contribution is 0.765. The highest BCUT2D eigenvalue weighted by atomic mass is 15.2. The molecule has 1 N–H and O–H groups in total. The van der Waals surface area contributed by atoms with Crippen LogP contribution in [0.2, 0.25) is 0 Å². The third kappa shape index (κ3) is 2.67. The van der Waals surface area contributed by atoms with Gasteiger partial charge < -0.3 is 5.32 Å². The topological polar surface area (TPSA) is 29.9 Å². The second-order valence-corrected chi connectivity index (χ2v) is 4.32. The van der Waals surface area contributed by atoms with E-state index in [9.17, 15) is 0 Å². The lowest BCUT2D eigenvalue weighted by Crippen LogP contribution is -2.07. The minimum atomic E-state index is 0.274. The highest BCUT2D eigenvalue weighted by molar-refractivity contribution is 5.52. The van der Waals surface area contributed by atoms with E-state index in [-0.39, 0.29) is 6.04 Å². The van der Waals surface area contributed by atoms with E-state index in [4.69, 9.17) is 0 Å². The molecule has 0 saturated heterocycles. The predicted molar refractivity (Wildman–Crippen MR) is 71.1 cm³/mol. The molecule has 0 fully saturated rings. The van der Waals surface area contributed by atoms with Gasteiger partial charge in [-0.3, -0.25) is 4.68 Å². The zero-order valence-corrected chi connectivity index (χ0v) is 10.6. The Labute approximate surface area is 102 Å². The fourth-order valence-electron chi connectivity index (χ4n) is 1.95. The number of aryl methyl sites for hydroxylation is 2. The molecule has 17 heavy (non-hydrogen) atoms. The van der Waals surface area contributed by atoms with Gasteiger partial charge in [0.25, 0.3) is 0 Å². The number of para-hydroxylation sites is 1. The lowest BCUT2D eigenvalue weighted by atomic mass is 10.1. The smallest absolute Gasteiger partial charge is 0.0542 e. The summed E-state index contributed by atoms with van der Waals surface area (Å²) in [6, 6.07) is 8.72. The number of benzene rings is 1. The van der Waals surface area contributed by atoms with Crippen molar-refractivity contribution in [1.82, 2.24) is 9.78 Å². The van der Waals surface area contributed by atoms with Gasteiger partial charge in [-0.15, -0.1) is 0 Å². The molecule has 0 aliphatic carbocycles. The molecule has 1 atom stereocenters. The van der Waals surface area contributed by atoms with Gasteiger partial charge in [0.1, 0.15) is 0 Å². The van der Waals surface area contributed by atoms with Crippen LogP contribution in [-0.2, 0) is 13.5 Å². The molecule has 0 spiro atoms. The molecule has 1 aromatic carbocycles. The van der Waals surface area contributed by atoms with Crippen molar-refractivity contribution in [2.45, 2.75) is 26.3 Å². The molecule has 2 rings (SSSR count). The minimum Gasteiger partial charge on any atom is -0.378 e. The number of nitrogens with zero attached hydrogens (tertiary/aromatic N) is 2. The zero-order valence-electron chi connectivity index (χ0n) is 10.6. The largest absolute Gasteiger partial charge is 0.378 e. The summed E-state index contributed by atoms with van der Waals surface area (Å²) >= 11 is 0. The van der Waals surface area contributed by atoms with E-state index in [1.165, 1.54) is 16.8 Å². The van der Waals surface area contributed by atoms with Crippen LogP contribution in [0.5, 0.6) is 0 Å². The van der Waals surface area contributed by atoms with E-state index < -0.39 is 0 Å². The van der Waals surface area contributed by atoms with Crippen LogP contribution in [0.25, 0.3) is 0 Å². The number of rotatable bonds is 4. The molecule has 1 aromatic heterocycles. The van der Waals surface area contributed by atoms with Gasteiger partial charge in [0.15, 0.2) is 0 Å². The SMILES string of the molecule is CCc1ccccc1NC(C)c1cnn(C)c1. The normalized spacial score (nSPS) is 12.4. The highest BCUT2D eigenvalue weighted by Gasteiger charge is 2.08. The second kappa shape index (κ2) is 5.04. The summed E-state index contributed by atoms with van der Waals surface area (Å²) in [4.78, 5) is 0. The Hall–Kier alpha value is -1.77. The maximum atomic E-state index is 4.20. The lowest BCUT2D eigenvalue weighted by Gasteiger charge is -2.16. The first-order chi connectivity index (χ1) is 8.20. The predicted octanol–water partition coefficient (Wildman–Crippen LogP) is 3.16. The minimum absolute atomic E-state index is 0.274. The zero-order chi connectivity index (χ0) is 12.3. The Morgan fingerprint density at radius 3 is 2.76 bits per heavy atom. The van der Waals surface area contributed by atoms with E-state index >= 15 is 0 Å². The van der Waals surface area contributed by atoms with Crippen LogP contribution >= 0.6 is 0 Å². The van der Waals surface area contributed by atoms with Crippen molar-refractivity contribution in [3.8, 4) is 0 Å². The van der Waals surface area contributed by atoms with E-state index in [0.717, 1.165) is 6.42 Å². The molecule has 90 valence electrons. The van der Waals surface area contributed by atoms with Gasteiger partial charge in [0, 0.05) is 24.5 Å². The van der Waals surface area contributed by atoms with Crippen molar-refractivity contribution in [2.24, 2.45) is 7.05 Å². The van der Waals surface area contributed by atoms with Crippen LogP contribution < -0.4 is 5.32 Å². The molecular formula is C14H19N3. The molecule has 1 heterocycles. The monoisotopic (exact) mass is 229 g/mol. The number of anilines is 1. The number of nitrogens with one attached hydrogen (secondary N) is 1. The van der Waals surface area contributed by atoms with Gasteiger partial charge in [-0.2, -0.15) is 5.10 Å². The Morgan fingerprint density at radius 2 is 2.12 bits per heavy atom. The van der Waals surface area contributed by atoms with Crippen molar-refractivity contribution in [3.05, 3.63) is 47.8 Å². The Morgan fingerprint density at radius 1 is 1.35 bits per heavy atom. The number of hydrogen-bond acceptors (Lipinski definition) is 2. The summed E-state index contributed by atoms with van der Waals surface area (Å²) in [6.45, 7) is 4.33. The van der Waals surface area contributed by atoms with Crippen LogP contribution in [0.15, 0.2) is 36.7 Å². The average molecular weight is 229 g/mol. The fourth-order valence-corrected chi connectivity index (χ4v) is 1.95. The number of hydrogen-bond donors (Lipinski definition) is 1. The van der Waals surface area contributed by atoms with Crippen LogP contribution in [0.3, 0.4) is 0 Å². The second-order valence-electron chi connectivity index (χ2n) is 4.32. The molecule has 3 heteroatoms. The molecule has 0 aliphatic heterocycles. The summed E-state index contributed by atoms with van der Waals surface area (Å²) in [5, 5.41) is 7.74. The molecule has 3 nitrogen and oxygen atoms in total. The van der Waals surface area contributed by atoms with Gasteiger partial charge in [-0.1, -0.05) is 25.1 Å². The van der Waals surface area contributed by atoms with Crippen LogP contribution in [0, 0.1) is 0 Å². The molecule has 1 unspecified atom stereocenters. The molecule has 0 aliphatic rings. The van der Waals surface area contributed by atoms with E-state index in [0.29, 0.717) is 0 Å². The molecule has 0 amide bonds. The molecule has 0 saturated carbocycles. The van der Waals surface area contributed by atoms with Gasteiger partial charge in [-0.05, 0) is 25.0 Å². The summed E-state index contributed by atoms with van der Waals surface area (Å²) in [5.41, 5.74) is 3.77. The van der Waals surface area contributed by atoms with Crippen molar-refractivity contribution in [1.29, 1.82) is 0 Å². The average Bonchev–Trinajstić information content (AvgIpc) is 2.77. The van der Waals surface area contributed by atoms with Gasteiger partial charge >= 0.3 is 0 Å².